The minimum atomic E-state index is -0.597. The molecule has 0 spiro atoms. The molecule has 2 aromatic rings. The van der Waals surface area contributed by atoms with Gasteiger partial charge in [-0.25, -0.2) is 0 Å². The summed E-state index contributed by atoms with van der Waals surface area (Å²) >= 11 is 1.85. The molecule has 3 N–H and O–H groups in total. The molecule has 1 amide bonds. The number of rotatable bonds is 5. The van der Waals surface area contributed by atoms with Gasteiger partial charge in [-0.05, 0) is 35.9 Å². The highest BCUT2D eigenvalue weighted by Gasteiger charge is 2.18. The molecule has 0 fully saturated rings. The second-order valence-corrected chi connectivity index (χ2v) is 7.08. The third kappa shape index (κ3) is 3.99. The van der Waals surface area contributed by atoms with Crippen LogP contribution in [0.4, 0.5) is 0 Å². The average Bonchev–Trinajstić information content (AvgIpc) is 3.02. The van der Waals surface area contributed by atoms with E-state index in [-0.39, 0.29) is 5.91 Å². The summed E-state index contributed by atoms with van der Waals surface area (Å²) in [7, 11) is 0. The number of hydrogen-bond donors (Lipinski definition) is 2. The van der Waals surface area contributed by atoms with Gasteiger partial charge in [0.25, 0.3) is 0 Å². The fraction of sp³-hybridized carbons (Fsp3) is 0.389. The minimum Gasteiger partial charge on any atom is -0.353 e. The van der Waals surface area contributed by atoms with Crippen molar-refractivity contribution < 1.29 is 4.79 Å². The largest absolute Gasteiger partial charge is 0.353 e. The van der Waals surface area contributed by atoms with Crippen LogP contribution in [0.15, 0.2) is 35.7 Å². The smallest absolute Gasteiger partial charge is 0.241 e. The van der Waals surface area contributed by atoms with Crippen molar-refractivity contribution in [2.45, 2.75) is 25.9 Å². The zero-order valence-electron chi connectivity index (χ0n) is 13.4. The van der Waals surface area contributed by atoms with E-state index in [1.807, 2.05) is 42.5 Å². The van der Waals surface area contributed by atoms with Crippen LogP contribution < -0.4 is 11.1 Å². The Labute approximate surface area is 141 Å². The second-order valence-electron chi connectivity index (χ2n) is 6.07. The lowest BCUT2D eigenvalue weighted by Crippen LogP contribution is -2.40. The number of benzene rings is 1. The maximum Gasteiger partial charge on any atom is 0.241 e. The molecule has 5 heteroatoms. The number of nitrogens with two attached hydrogens (primary N) is 1. The van der Waals surface area contributed by atoms with Crippen LogP contribution in [0.1, 0.15) is 27.6 Å². The van der Waals surface area contributed by atoms with E-state index in [0.29, 0.717) is 6.54 Å². The topological polar surface area (TPSA) is 58.4 Å². The van der Waals surface area contributed by atoms with Gasteiger partial charge in [0.1, 0.15) is 6.04 Å². The summed E-state index contributed by atoms with van der Waals surface area (Å²) in [5.41, 5.74) is 9.49. The Morgan fingerprint density at radius 1 is 1.35 bits per heavy atom. The maximum atomic E-state index is 12.2. The Hall–Kier alpha value is -1.69. The van der Waals surface area contributed by atoms with Gasteiger partial charge in [0.05, 0.1) is 0 Å². The SMILES string of the molecule is Cc1ccc(C(N)C(=O)NCCN2CCc3sccc3C2)cc1. The lowest BCUT2D eigenvalue weighted by Gasteiger charge is -2.27. The lowest BCUT2D eigenvalue weighted by molar-refractivity contribution is -0.122. The van der Waals surface area contributed by atoms with Crippen LogP contribution in [0.3, 0.4) is 0 Å². The minimum absolute atomic E-state index is 0.109. The summed E-state index contributed by atoms with van der Waals surface area (Å²) in [4.78, 5) is 16.1. The number of aryl methyl sites for hydroxylation is 1. The van der Waals surface area contributed by atoms with Crippen LogP contribution in [0.25, 0.3) is 0 Å². The molecular formula is C18H23N3OS. The molecule has 0 saturated carbocycles. The molecule has 0 aliphatic carbocycles. The number of carbonyl (C=O) groups excluding carboxylic acids is 1. The molecule has 1 atom stereocenters. The molecule has 122 valence electrons. The molecular weight excluding hydrogens is 306 g/mol. The first-order valence-electron chi connectivity index (χ1n) is 8.01. The summed E-state index contributed by atoms with van der Waals surface area (Å²) in [5.74, 6) is -0.109. The van der Waals surface area contributed by atoms with Gasteiger partial charge < -0.3 is 11.1 Å². The molecule has 1 aromatic carbocycles. The second kappa shape index (κ2) is 7.25. The molecule has 1 aliphatic heterocycles. The van der Waals surface area contributed by atoms with E-state index in [0.717, 1.165) is 31.6 Å². The summed E-state index contributed by atoms with van der Waals surface area (Å²) < 4.78 is 0. The molecule has 4 nitrogen and oxygen atoms in total. The highest BCUT2D eigenvalue weighted by molar-refractivity contribution is 7.10. The van der Waals surface area contributed by atoms with Gasteiger partial charge in [0, 0.05) is 31.1 Å². The van der Waals surface area contributed by atoms with Crippen molar-refractivity contribution >= 4 is 17.2 Å². The highest BCUT2D eigenvalue weighted by Crippen LogP contribution is 2.23. The third-order valence-electron chi connectivity index (χ3n) is 4.33. The number of nitrogens with zero attached hydrogens (tertiary/aromatic N) is 1. The van der Waals surface area contributed by atoms with E-state index < -0.39 is 6.04 Å². The van der Waals surface area contributed by atoms with Crippen LogP contribution in [0.2, 0.25) is 0 Å². The molecule has 3 rings (SSSR count). The Kier molecular flexibility index (Phi) is 5.10. The van der Waals surface area contributed by atoms with E-state index in [4.69, 9.17) is 5.73 Å². The van der Waals surface area contributed by atoms with Gasteiger partial charge in [0.15, 0.2) is 0 Å². The molecule has 0 radical (unpaired) electrons. The lowest BCUT2D eigenvalue weighted by atomic mass is 10.1. The first kappa shape index (κ1) is 16.2. The highest BCUT2D eigenvalue weighted by atomic mass is 32.1. The Bertz CT molecular complexity index is 665. The van der Waals surface area contributed by atoms with Gasteiger partial charge in [-0.1, -0.05) is 29.8 Å². The molecule has 23 heavy (non-hydrogen) atoms. The van der Waals surface area contributed by atoms with E-state index in [9.17, 15) is 4.79 Å². The number of hydrogen-bond acceptors (Lipinski definition) is 4. The Balaban J connectivity index is 1.45. The van der Waals surface area contributed by atoms with E-state index in [1.54, 1.807) is 0 Å². The number of nitrogens with one attached hydrogen (secondary N) is 1. The van der Waals surface area contributed by atoms with Crippen LogP contribution >= 0.6 is 11.3 Å². The number of carbonyl (C=O) groups is 1. The number of amides is 1. The Morgan fingerprint density at radius 2 is 2.13 bits per heavy atom. The summed E-state index contributed by atoms with van der Waals surface area (Å²) in [5, 5.41) is 5.12. The molecule has 1 aliphatic rings. The Morgan fingerprint density at radius 3 is 2.91 bits per heavy atom. The van der Waals surface area contributed by atoms with Gasteiger partial charge in [-0.2, -0.15) is 0 Å². The van der Waals surface area contributed by atoms with Gasteiger partial charge >= 0.3 is 0 Å². The fourth-order valence-electron chi connectivity index (χ4n) is 2.87. The van der Waals surface area contributed by atoms with E-state index in [1.165, 1.54) is 16.0 Å². The van der Waals surface area contributed by atoms with Crippen LogP contribution in [0.5, 0.6) is 0 Å². The van der Waals surface area contributed by atoms with Crippen molar-refractivity contribution in [3.8, 4) is 0 Å². The summed E-state index contributed by atoms with van der Waals surface area (Å²) in [6, 6.07) is 9.41. The number of fused-ring (bicyclic) bond motifs is 1. The van der Waals surface area contributed by atoms with Crippen LogP contribution in [-0.2, 0) is 17.8 Å². The van der Waals surface area contributed by atoms with E-state index in [2.05, 4.69) is 21.7 Å². The predicted molar refractivity (Wildman–Crippen MR) is 94.4 cm³/mol. The number of thiophene rings is 1. The first-order chi connectivity index (χ1) is 11.1. The normalized spacial score (nSPS) is 15.9. The summed E-state index contributed by atoms with van der Waals surface area (Å²) in [6.45, 7) is 5.57. The molecule has 1 aromatic heterocycles. The molecule has 0 saturated heterocycles. The zero-order valence-corrected chi connectivity index (χ0v) is 14.2. The van der Waals surface area contributed by atoms with Gasteiger partial charge in [0.2, 0.25) is 5.91 Å². The van der Waals surface area contributed by atoms with Gasteiger partial charge in [-0.15, -0.1) is 11.3 Å². The van der Waals surface area contributed by atoms with Crippen molar-refractivity contribution in [3.63, 3.8) is 0 Å². The first-order valence-corrected chi connectivity index (χ1v) is 8.89. The fourth-order valence-corrected chi connectivity index (χ4v) is 3.76. The van der Waals surface area contributed by atoms with Gasteiger partial charge in [-0.3, -0.25) is 9.69 Å². The third-order valence-corrected chi connectivity index (χ3v) is 5.36. The molecule has 0 bridgehead atoms. The van der Waals surface area contributed by atoms with Crippen molar-refractivity contribution in [2.75, 3.05) is 19.6 Å². The summed E-state index contributed by atoms with van der Waals surface area (Å²) in [6.07, 6.45) is 1.11. The standard InChI is InChI=1S/C18H23N3OS/c1-13-2-4-14(5-3-13)17(19)18(22)20-8-10-21-9-6-16-15(12-21)7-11-23-16/h2-5,7,11,17H,6,8-10,12,19H2,1H3,(H,20,22). The predicted octanol–water partition coefficient (Wildman–Crippen LogP) is 2.23. The zero-order chi connectivity index (χ0) is 16.2. The van der Waals surface area contributed by atoms with Crippen LogP contribution in [0, 0.1) is 6.92 Å². The van der Waals surface area contributed by atoms with Crippen molar-refractivity contribution in [2.24, 2.45) is 5.73 Å². The van der Waals surface area contributed by atoms with Crippen molar-refractivity contribution in [1.82, 2.24) is 10.2 Å². The molecule has 2 heterocycles. The quantitative estimate of drug-likeness (QED) is 0.884. The maximum absolute atomic E-state index is 12.2. The average molecular weight is 329 g/mol. The molecule has 1 unspecified atom stereocenters. The monoisotopic (exact) mass is 329 g/mol. The van der Waals surface area contributed by atoms with E-state index >= 15 is 0 Å². The van der Waals surface area contributed by atoms with Crippen molar-refractivity contribution in [3.05, 3.63) is 57.3 Å². The van der Waals surface area contributed by atoms with Crippen molar-refractivity contribution in [1.29, 1.82) is 0 Å². The van der Waals surface area contributed by atoms with Crippen LogP contribution in [-0.4, -0.2) is 30.4 Å².